The monoisotopic (exact) mass is 293 g/mol. The summed E-state index contributed by atoms with van der Waals surface area (Å²) in [5, 5.41) is 3.75. The molecule has 1 heterocycles. The minimum atomic E-state index is 0.489. The molecule has 0 radical (unpaired) electrons. The van der Waals surface area contributed by atoms with E-state index in [4.69, 9.17) is 4.74 Å². The summed E-state index contributed by atoms with van der Waals surface area (Å²) >= 11 is 0. The van der Waals surface area contributed by atoms with Gasteiger partial charge in [0.1, 0.15) is 5.75 Å². The van der Waals surface area contributed by atoms with Crippen molar-refractivity contribution >= 4 is 0 Å². The first-order valence-corrected chi connectivity index (χ1v) is 8.25. The molecule has 0 spiro atoms. The lowest BCUT2D eigenvalue weighted by Gasteiger charge is -2.31. The molecule has 0 amide bonds. The molecule has 3 unspecified atom stereocenters. The lowest BCUT2D eigenvalue weighted by atomic mass is 9.80. The molecule has 2 aliphatic rings. The van der Waals surface area contributed by atoms with Gasteiger partial charge < -0.3 is 10.1 Å². The molecule has 114 valence electrons. The number of rotatable bonds is 2. The van der Waals surface area contributed by atoms with E-state index in [1.165, 1.54) is 35.1 Å². The van der Waals surface area contributed by atoms with E-state index in [1.807, 2.05) is 0 Å². The molecular weight excluding hydrogens is 270 g/mol. The standard InChI is InChI=1S/C20H23NO/c1-13-5-3-6-14(11-13)19-17-7-4-10-21-20(17)16-9-8-15(22-2)12-18(16)19/h3,5-6,8-9,11-12,17,19-21H,4,7,10H2,1-2H3. The van der Waals surface area contributed by atoms with Crippen molar-refractivity contribution in [3.05, 3.63) is 64.7 Å². The van der Waals surface area contributed by atoms with Crippen LogP contribution in [0.25, 0.3) is 0 Å². The van der Waals surface area contributed by atoms with Crippen LogP contribution in [0.5, 0.6) is 5.75 Å². The molecule has 1 aliphatic heterocycles. The van der Waals surface area contributed by atoms with E-state index in [1.54, 1.807) is 7.11 Å². The fraction of sp³-hybridized carbons (Fsp3) is 0.400. The number of fused-ring (bicyclic) bond motifs is 3. The van der Waals surface area contributed by atoms with E-state index >= 15 is 0 Å². The summed E-state index contributed by atoms with van der Waals surface area (Å²) < 4.78 is 5.48. The van der Waals surface area contributed by atoms with Crippen molar-refractivity contribution in [3.63, 3.8) is 0 Å². The Morgan fingerprint density at radius 3 is 2.82 bits per heavy atom. The highest BCUT2D eigenvalue weighted by Gasteiger charge is 2.42. The molecule has 2 nitrogen and oxygen atoms in total. The van der Waals surface area contributed by atoms with Crippen LogP contribution in [0.4, 0.5) is 0 Å². The van der Waals surface area contributed by atoms with Crippen molar-refractivity contribution in [1.82, 2.24) is 5.32 Å². The SMILES string of the molecule is COc1ccc2c(c1)C(c1cccc(C)c1)C1CCCNC21. The molecular formula is C20H23NO. The zero-order valence-corrected chi connectivity index (χ0v) is 13.3. The highest BCUT2D eigenvalue weighted by molar-refractivity contribution is 5.50. The minimum absolute atomic E-state index is 0.489. The van der Waals surface area contributed by atoms with Crippen molar-refractivity contribution in [1.29, 1.82) is 0 Å². The number of nitrogens with one attached hydrogen (secondary N) is 1. The van der Waals surface area contributed by atoms with Crippen molar-refractivity contribution in [3.8, 4) is 5.75 Å². The van der Waals surface area contributed by atoms with Gasteiger partial charge in [0.05, 0.1) is 7.11 Å². The smallest absolute Gasteiger partial charge is 0.119 e. The molecule has 2 heteroatoms. The van der Waals surface area contributed by atoms with Gasteiger partial charge in [-0.3, -0.25) is 0 Å². The highest BCUT2D eigenvalue weighted by atomic mass is 16.5. The molecule has 2 aromatic rings. The van der Waals surface area contributed by atoms with Crippen LogP contribution < -0.4 is 10.1 Å². The molecule has 1 saturated heterocycles. The van der Waals surface area contributed by atoms with Crippen molar-refractivity contribution in [2.75, 3.05) is 13.7 Å². The number of hydrogen-bond acceptors (Lipinski definition) is 2. The van der Waals surface area contributed by atoms with E-state index in [-0.39, 0.29) is 0 Å². The van der Waals surface area contributed by atoms with Crippen molar-refractivity contribution < 1.29 is 4.74 Å². The fourth-order valence-corrected chi connectivity index (χ4v) is 4.37. The van der Waals surface area contributed by atoms with Crippen molar-refractivity contribution in [2.45, 2.75) is 31.7 Å². The lowest BCUT2D eigenvalue weighted by molar-refractivity contribution is 0.287. The summed E-state index contributed by atoms with van der Waals surface area (Å²) in [6.07, 6.45) is 2.57. The zero-order chi connectivity index (χ0) is 15.1. The van der Waals surface area contributed by atoms with Gasteiger partial charge in [0, 0.05) is 12.0 Å². The summed E-state index contributed by atoms with van der Waals surface area (Å²) in [5.41, 5.74) is 5.71. The molecule has 0 bridgehead atoms. The third kappa shape index (κ3) is 2.14. The molecule has 4 rings (SSSR count). The van der Waals surface area contributed by atoms with E-state index in [0.29, 0.717) is 17.9 Å². The Hall–Kier alpha value is -1.80. The highest BCUT2D eigenvalue weighted by Crippen LogP contribution is 2.52. The Bertz CT molecular complexity index is 694. The fourth-order valence-electron chi connectivity index (χ4n) is 4.37. The van der Waals surface area contributed by atoms with Crippen LogP contribution in [0.2, 0.25) is 0 Å². The summed E-state index contributed by atoms with van der Waals surface area (Å²) in [6, 6.07) is 16.1. The van der Waals surface area contributed by atoms with Gasteiger partial charge in [-0.05, 0) is 61.1 Å². The predicted octanol–water partition coefficient (Wildman–Crippen LogP) is 4.19. The zero-order valence-electron chi connectivity index (χ0n) is 13.3. The van der Waals surface area contributed by atoms with Gasteiger partial charge in [-0.1, -0.05) is 35.9 Å². The third-order valence-corrected chi connectivity index (χ3v) is 5.30. The number of methoxy groups -OCH3 is 1. The first-order chi connectivity index (χ1) is 10.8. The Morgan fingerprint density at radius 1 is 1.09 bits per heavy atom. The Kier molecular flexibility index (Phi) is 3.42. The van der Waals surface area contributed by atoms with E-state index in [2.05, 4.69) is 54.7 Å². The molecule has 22 heavy (non-hydrogen) atoms. The topological polar surface area (TPSA) is 21.3 Å². The van der Waals surface area contributed by atoms with E-state index in [0.717, 1.165) is 12.3 Å². The molecule has 1 N–H and O–H groups in total. The largest absolute Gasteiger partial charge is 0.497 e. The van der Waals surface area contributed by atoms with Gasteiger partial charge in [-0.15, -0.1) is 0 Å². The van der Waals surface area contributed by atoms with Gasteiger partial charge in [-0.25, -0.2) is 0 Å². The van der Waals surface area contributed by atoms with Gasteiger partial charge >= 0.3 is 0 Å². The van der Waals surface area contributed by atoms with Crippen LogP contribution in [-0.4, -0.2) is 13.7 Å². The quantitative estimate of drug-likeness (QED) is 0.896. The van der Waals surface area contributed by atoms with Gasteiger partial charge in [0.15, 0.2) is 0 Å². The first kappa shape index (κ1) is 13.8. The van der Waals surface area contributed by atoms with Crippen LogP contribution in [0.3, 0.4) is 0 Å². The maximum Gasteiger partial charge on any atom is 0.119 e. The minimum Gasteiger partial charge on any atom is -0.497 e. The number of piperidine rings is 1. The molecule has 0 aromatic heterocycles. The summed E-state index contributed by atoms with van der Waals surface area (Å²) in [4.78, 5) is 0. The average Bonchev–Trinajstić information content (AvgIpc) is 2.88. The molecule has 3 atom stereocenters. The van der Waals surface area contributed by atoms with Gasteiger partial charge in [0.25, 0.3) is 0 Å². The second kappa shape index (κ2) is 5.44. The van der Waals surface area contributed by atoms with Crippen LogP contribution in [0.15, 0.2) is 42.5 Å². The van der Waals surface area contributed by atoms with Crippen LogP contribution in [0.1, 0.15) is 47.1 Å². The number of benzene rings is 2. The maximum absolute atomic E-state index is 5.48. The van der Waals surface area contributed by atoms with Crippen LogP contribution in [0, 0.1) is 12.8 Å². The Labute approximate surface area is 132 Å². The summed E-state index contributed by atoms with van der Waals surface area (Å²) in [7, 11) is 1.75. The number of ether oxygens (including phenoxy) is 1. The van der Waals surface area contributed by atoms with Crippen LogP contribution in [-0.2, 0) is 0 Å². The molecule has 1 aliphatic carbocycles. The normalized spacial score (nSPS) is 26.4. The summed E-state index contributed by atoms with van der Waals surface area (Å²) in [6.45, 7) is 3.31. The van der Waals surface area contributed by atoms with Gasteiger partial charge in [-0.2, -0.15) is 0 Å². The van der Waals surface area contributed by atoms with E-state index in [9.17, 15) is 0 Å². The molecule has 2 aromatic carbocycles. The summed E-state index contributed by atoms with van der Waals surface area (Å²) in [5.74, 6) is 2.12. The second-order valence-corrected chi connectivity index (χ2v) is 6.62. The third-order valence-electron chi connectivity index (χ3n) is 5.30. The molecule has 1 fully saturated rings. The Balaban J connectivity index is 1.86. The second-order valence-electron chi connectivity index (χ2n) is 6.62. The number of hydrogen-bond donors (Lipinski definition) is 1. The van der Waals surface area contributed by atoms with E-state index < -0.39 is 0 Å². The van der Waals surface area contributed by atoms with Crippen molar-refractivity contribution in [2.24, 2.45) is 5.92 Å². The van der Waals surface area contributed by atoms with Gasteiger partial charge in [0.2, 0.25) is 0 Å². The first-order valence-electron chi connectivity index (χ1n) is 8.25. The number of aryl methyl sites for hydroxylation is 1. The predicted molar refractivity (Wildman–Crippen MR) is 89.5 cm³/mol. The maximum atomic E-state index is 5.48. The lowest BCUT2D eigenvalue weighted by Crippen LogP contribution is -2.32. The van der Waals surface area contributed by atoms with Crippen LogP contribution >= 0.6 is 0 Å². The molecule has 0 saturated carbocycles. The Morgan fingerprint density at radius 2 is 2.00 bits per heavy atom. The average molecular weight is 293 g/mol.